The van der Waals surface area contributed by atoms with E-state index >= 15 is 0 Å². The topological polar surface area (TPSA) is 102 Å². The first-order valence-corrected chi connectivity index (χ1v) is 8.10. The maximum Gasteiger partial charge on any atom is 0.433 e. The third kappa shape index (κ3) is 3.77. The van der Waals surface area contributed by atoms with E-state index in [0.29, 0.717) is 4.52 Å². The van der Waals surface area contributed by atoms with Gasteiger partial charge in [0.15, 0.2) is 17.0 Å². The number of nitro groups is 1. The van der Waals surface area contributed by atoms with E-state index < -0.39 is 22.7 Å². The predicted octanol–water partition coefficient (Wildman–Crippen LogP) is 3.46. The van der Waals surface area contributed by atoms with Gasteiger partial charge >= 0.3 is 6.18 Å². The molecule has 11 heteroatoms. The van der Waals surface area contributed by atoms with Crippen molar-refractivity contribution in [1.29, 1.82) is 0 Å². The Kier molecular flexibility index (Phi) is 4.75. The monoisotopic (exact) mass is 393 g/mol. The smallest absolute Gasteiger partial charge is 0.348 e. The number of fused-ring (bicyclic) bond motifs is 1. The summed E-state index contributed by atoms with van der Waals surface area (Å²) in [7, 11) is 0. The van der Waals surface area contributed by atoms with E-state index in [4.69, 9.17) is 0 Å². The second kappa shape index (κ2) is 6.91. The maximum atomic E-state index is 13.5. The van der Waals surface area contributed by atoms with Gasteiger partial charge in [-0.1, -0.05) is 0 Å². The molecule has 1 N–H and O–H groups in total. The lowest BCUT2D eigenvalue weighted by molar-refractivity contribution is -0.384. The van der Waals surface area contributed by atoms with Crippen LogP contribution in [0.1, 0.15) is 30.0 Å². The Morgan fingerprint density at radius 1 is 1.21 bits per heavy atom. The van der Waals surface area contributed by atoms with Crippen molar-refractivity contribution in [2.24, 2.45) is 0 Å². The molecule has 0 saturated heterocycles. The lowest BCUT2D eigenvalue weighted by Gasteiger charge is -2.11. The Morgan fingerprint density at radius 3 is 2.39 bits per heavy atom. The van der Waals surface area contributed by atoms with Gasteiger partial charge < -0.3 is 5.32 Å². The molecule has 3 aromatic rings. The van der Waals surface area contributed by atoms with E-state index in [1.54, 1.807) is 13.8 Å². The fraction of sp³-hybridized carbons (Fsp3) is 0.235. The van der Waals surface area contributed by atoms with Crippen molar-refractivity contribution in [2.45, 2.75) is 26.1 Å². The van der Waals surface area contributed by atoms with Crippen LogP contribution in [0.25, 0.3) is 16.9 Å². The SMILES string of the molecule is CC(C)NC(=O)c1cc2nc(-c3ccc([N+](=O)[O-])cc3)cc(C(F)(F)F)n2n1. The number of amides is 1. The molecule has 2 heterocycles. The predicted molar refractivity (Wildman–Crippen MR) is 92.7 cm³/mol. The Morgan fingerprint density at radius 2 is 1.86 bits per heavy atom. The second-order valence-corrected chi connectivity index (χ2v) is 6.26. The molecule has 1 amide bonds. The number of benzene rings is 1. The zero-order chi connectivity index (χ0) is 20.6. The van der Waals surface area contributed by atoms with Crippen molar-refractivity contribution in [3.8, 4) is 11.3 Å². The number of aromatic nitrogens is 3. The fourth-order valence-electron chi connectivity index (χ4n) is 2.53. The first-order chi connectivity index (χ1) is 13.1. The molecule has 0 fully saturated rings. The average molecular weight is 393 g/mol. The molecule has 0 aliphatic carbocycles. The fourth-order valence-corrected chi connectivity index (χ4v) is 2.53. The van der Waals surface area contributed by atoms with Crippen LogP contribution >= 0.6 is 0 Å². The largest absolute Gasteiger partial charge is 0.433 e. The van der Waals surface area contributed by atoms with Crippen LogP contribution in [0.4, 0.5) is 18.9 Å². The van der Waals surface area contributed by atoms with Gasteiger partial charge in [-0.3, -0.25) is 14.9 Å². The third-order valence-electron chi connectivity index (χ3n) is 3.74. The Labute approximate surface area is 156 Å². The number of hydrogen-bond acceptors (Lipinski definition) is 5. The first-order valence-electron chi connectivity index (χ1n) is 8.10. The highest BCUT2D eigenvalue weighted by Crippen LogP contribution is 2.32. The zero-order valence-electron chi connectivity index (χ0n) is 14.7. The van der Waals surface area contributed by atoms with Crippen LogP contribution < -0.4 is 5.32 Å². The van der Waals surface area contributed by atoms with Gasteiger partial charge in [-0.15, -0.1) is 0 Å². The van der Waals surface area contributed by atoms with Crippen molar-refractivity contribution < 1.29 is 22.9 Å². The maximum absolute atomic E-state index is 13.5. The lowest BCUT2D eigenvalue weighted by atomic mass is 10.1. The number of halogens is 3. The first kappa shape index (κ1) is 19.3. The number of nitro benzene ring substituents is 1. The molecular formula is C17H14F3N5O3. The molecule has 1 aromatic carbocycles. The number of carbonyl (C=O) groups excluding carboxylic acids is 1. The molecule has 8 nitrogen and oxygen atoms in total. The minimum absolute atomic E-state index is 0.0505. The van der Waals surface area contributed by atoms with Crippen LogP contribution in [0.15, 0.2) is 36.4 Å². The molecule has 0 bridgehead atoms. The molecule has 0 atom stereocenters. The summed E-state index contributed by atoms with van der Waals surface area (Å²) in [5, 5.41) is 17.0. The number of alkyl halides is 3. The summed E-state index contributed by atoms with van der Waals surface area (Å²) in [6, 6.07) is 6.68. The summed E-state index contributed by atoms with van der Waals surface area (Å²) < 4.78 is 41.1. The number of rotatable bonds is 4. The van der Waals surface area contributed by atoms with Gasteiger partial charge in [0.1, 0.15) is 0 Å². The summed E-state index contributed by atoms with van der Waals surface area (Å²) in [6.07, 6.45) is -4.76. The number of hydrogen-bond donors (Lipinski definition) is 1. The van der Waals surface area contributed by atoms with Crippen molar-refractivity contribution in [3.63, 3.8) is 0 Å². The standard InChI is InChI=1S/C17H14F3N5O3/c1-9(2)21-16(26)13-8-15-22-12(7-14(17(18,19)20)24(15)23-13)10-3-5-11(6-4-10)25(27)28/h3-9H,1-2H3,(H,21,26). The molecule has 0 unspecified atom stereocenters. The third-order valence-corrected chi connectivity index (χ3v) is 3.74. The molecule has 3 rings (SSSR count). The van der Waals surface area contributed by atoms with E-state index in [2.05, 4.69) is 15.4 Å². The highest BCUT2D eigenvalue weighted by Gasteiger charge is 2.35. The molecule has 0 radical (unpaired) electrons. The van der Waals surface area contributed by atoms with Crippen LogP contribution in [0.3, 0.4) is 0 Å². The highest BCUT2D eigenvalue weighted by atomic mass is 19.4. The number of carbonyl (C=O) groups is 1. The van der Waals surface area contributed by atoms with Gasteiger partial charge in [-0.2, -0.15) is 18.3 Å². The quantitative estimate of drug-likeness (QED) is 0.540. The Hall–Kier alpha value is -3.50. The molecule has 0 aliphatic heterocycles. The number of non-ortho nitro benzene ring substituents is 1. The van der Waals surface area contributed by atoms with Gasteiger partial charge in [0, 0.05) is 29.8 Å². The van der Waals surface area contributed by atoms with E-state index in [9.17, 15) is 28.1 Å². The molecular weight excluding hydrogens is 379 g/mol. The van der Waals surface area contributed by atoms with Crippen molar-refractivity contribution in [1.82, 2.24) is 19.9 Å². The summed E-state index contributed by atoms with van der Waals surface area (Å²) in [6.45, 7) is 3.42. The normalized spacial score (nSPS) is 11.8. The van der Waals surface area contributed by atoms with E-state index in [-0.39, 0.29) is 34.3 Å². The van der Waals surface area contributed by atoms with Gasteiger partial charge in [0.2, 0.25) is 0 Å². The summed E-state index contributed by atoms with van der Waals surface area (Å²) >= 11 is 0. The molecule has 146 valence electrons. The summed E-state index contributed by atoms with van der Waals surface area (Å²) in [5.74, 6) is -0.620. The van der Waals surface area contributed by atoms with Gasteiger partial charge in [-0.05, 0) is 32.0 Å². The molecule has 0 saturated carbocycles. The summed E-state index contributed by atoms with van der Waals surface area (Å²) in [5.41, 5.74) is -1.48. The van der Waals surface area contributed by atoms with Crippen LogP contribution in [0.5, 0.6) is 0 Å². The van der Waals surface area contributed by atoms with Crippen molar-refractivity contribution in [3.05, 3.63) is 57.9 Å². The van der Waals surface area contributed by atoms with Crippen LogP contribution in [-0.4, -0.2) is 31.5 Å². The van der Waals surface area contributed by atoms with Crippen LogP contribution in [-0.2, 0) is 6.18 Å². The van der Waals surface area contributed by atoms with Crippen LogP contribution in [0, 0.1) is 10.1 Å². The molecule has 0 aliphatic rings. The lowest BCUT2D eigenvalue weighted by Crippen LogP contribution is -2.30. The van der Waals surface area contributed by atoms with Gasteiger partial charge in [0.05, 0.1) is 10.6 Å². The van der Waals surface area contributed by atoms with E-state index in [0.717, 1.165) is 12.1 Å². The Balaban J connectivity index is 2.14. The zero-order valence-corrected chi connectivity index (χ0v) is 14.7. The second-order valence-electron chi connectivity index (χ2n) is 6.26. The van der Waals surface area contributed by atoms with Gasteiger partial charge in [-0.25, -0.2) is 9.50 Å². The summed E-state index contributed by atoms with van der Waals surface area (Å²) in [4.78, 5) is 26.3. The highest BCUT2D eigenvalue weighted by molar-refractivity contribution is 5.93. The van der Waals surface area contributed by atoms with E-state index in [1.165, 1.54) is 24.3 Å². The molecule has 2 aromatic heterocycles. The Bertz CT molecular complexity index is 1060. The number of nitrogens with one attached hydrogen (secondary N) is 1. The molecule has 0 spiro atoms. The van der Waals surface area contributed by atoms with Crippen LogP contribution in [0.2, 0.25) is 0 Å². The van der Waals surface area contributed by atoms with E-state index in [1.807, 2.05) is 0 Å². The minimum Gasteiger partial charge on any atom is -0.348 e. The minimum atomic E-state index is -4.76. The van der Waals surface area contributed by atoms with Crippen molar-refractivity contribution >= 4 is 17.2 Å². The number of nitrogens with zero attached hydrogens (tertiary/aromatic N) is 4. The van der Waals surface area contributed by atoms with Gasteiger partial charge in [0.25, 0.3) is 11.6 Å². The average Bonchev–Trinajstić information content (AvgIpc) is 3.03. The van der Waals surface area contributed by atoms with Crippen molar-refractivity contribution in [2.75, 3.05) is 0 Å². The molecule has 28 heavy (non-hydrogen) atoms.